The summed E-state index contributed by atoms with van der Waals surface area (Å²) in [4.78, 5) is 20.1. The van der Waals surface area contributed by atoms with Crippen LogP contribution in [0.5, 0.6) is 0 Å². The summed E-state index contributed by atoms with van der Waals surface area (Å²) in [5.74, 6) is -1.49. The number of carbonyl (C=O) groups is 2. The van der Waals surface area contributed by atoms with E-state index in [9.17, 15) is 18.0 Å². The smallest absolute Gasteiger partial charge is 0.403 e. The molecular weight excluding hydrogens is 294 g/mol. The maximum Gasteiger partial charge on any atom is 0.403 e. The van der Waals surface area contributed by atoms with Crippen molar-refractivity contribution in [2.45, 2.75) is 11.8 Å². The molecule has 106 valence electrons. The lowest BCUT2D eigenvalue weighted by Crippen LogP contribution is -2.23. The van der Waals surface area contributed by atoms with E-state index in [0.717, 1.165) is 0 Å². The fourth-order valence-electron chi connectivity index (χ4n) is 1.01. The van der Waals surface area contributed by atoms with Crippen molar-refractivity contribution in [2.75, 3.05) is 12.4 Å². The maximum atomic E-state index is 11.3. The first-order valence-electron chi connectivity index (χ1n) is 5.18. The average Bonchev–Trinajstić information content (AvgIpc) is 2.29. The molecule has 2 N–H and O–H groups in total. The molecule has 0 heterocycles. The predicted octanol–water partition coefficient (Wildman–Crippen LogP) is 1.33. The van der Waals surface area contributed by atoms with Gasteiger partial charge in [0.25, 0.3) is 0 Å². The summed E-state index contributed by atoms with van der Waals surface area (Å²) in [5.41, 5.74) is 4.06. The van der Waals surface area contributed by atoms with Gasteiger partial charge in [0, 0.05) is 11.6 Å². The van der Waals surface area contributed by atoms with Gasteiger partial charge >= 0.3 is 5.43 Å². The molecule has 1 aromatic carbocycles. The van der Waals surface area contributed by atoms with E-state index >= 15 is 0 Å². The zero-order chi connectivity index (χ0) is 14.9. The second-order valence-corrected chi connectivity index (χ2v) is 5.51. The summed E-state index contributed by atoms with van der Waals surface area (Å²) in [7, 11) is -3.53. The van der Waals surface area contributed by atoms with Gasteiger partial charge in [-0.1, -0.05) is 18.2 Å². The lowest BCUT2D eigenvalue weighted by atomic mass is 10.4. The Morgan fingerprint density at radius 1 is 1.26 bits per heavy atom. The number of rotatable bonds is 4. The normalized spacial score (nSPS) is 10.0. The molecule has 0 fully saturated rings. The van der Waals surface area contributed by atoms with Gasteiger partial charge in [-0.15, -0.1) is 0 Å². The third-order valence-corrected chi connectivity index (χ3v) is 3.46. The minimum absolute atomic E-state index is 0.119. The minimum Gasteiger partial charge on any atom is -0.454 e. The summed E-state index contributed by atoms with van der Waals surface area (Å²) in [6, 6.07) is 7.74. The number of ether oxygens (including phenoxy) is 1. The summed E-state index contributed by atoms with van der Waals surface area (Å²) in [6.45, 7) is 2.04. The number of primary amides is 1. The maximum absolute atomic E-state index is 11.3. The molecule has 0 aliphatic rings. The van der Waals surface area contributed by atoms with Crippen molar-refractivity contribution in [1.82, 2.24) is 0 Å². The molecule has 0 saturated heterocycles. The van der Waals surface area contributed by atoms with Crippen LogP contribution in [0.3, 0.4) is 0 Å². The number of nitrogens with two attached hydrogens (primary N) is 1. The molecule has 6 nitrogen and oxygen atoms in total. The van der Waals surface area contributed by atoms with Gasteiger partial charge in [-0.2, -0.15) is 0 Å². The summed E-state index contributed by atoms with van der Waals surface area (Å²) >= 11 is 4.72. The van der Waals surface area contributed by atoms with Crippen LogP contribution < -0.4 is 5.73 Å². The summed E-state index contributed by atoms with van der Waals surface area (Å²) < 4.78 is 26.9. The molecule has 0 aliphatic heterocycles. The SMILES string of the molecule is CCOC(=O)Cl.NC(=O)CS(=O)(=O)c1ccccc1. The molecule has 19 heavy (non-hydrogen) atoms. The molecule has 0 unspecified atom stereocenters. The molecule has 0 radical (unpaired) electrons. The Balaban J connectivity index is 0.000000459. The standard InChI is InChI=1S/C8H9NO3S.C3H5ClO2/c9-8(10)6-13(11,12)7-4-2-1-3-5-7;1-2-6-3(4)5/h1-5H,6H2,(H2,9,10);2H2,1H3. The second-order valence-electron chi connectivity index (χ2n) is 3.21. The molecule has 1 amide bonds. The zero-order valence-corrected chi connectivity index (χ0v) is 11.8. The topological polar surface area (TPSA) is 104 Å². The van der Waals surface area contributed by atoms with Gasteiger partial charge in [0.15, 0.2) is 9.84 Å². The van der Waals surface area contributed by atoms with Crippen molar-refractivity contribution < 1.29 is 22.7 Å². The Morgan fingerprint density at radius 2 is 1.79 bits per heavy atom. The van der Waals surface area contributed by atoms with E-state index in [1.54, 1.807) is 25.1 Å². The largest absolute Gasteiger partial charge is 0.454 e. The van der Waals surface area contributed by atoms with Gasteiger partial charge < -0.3 is 10.5 Å². The van der Waals surface area contributed by atoms with Crippen LogP contribution in [0.4, 0.5) is 4.79 Å². The minimum atomic E-state index is -3.53. The molecule has 8 heteroatoms. The highest BCUT2D eigenvalue weighted by molar-refractivity contribution is 7.92. The van der Waals surface area contributed by atoms with Crippen LogP contribution in [0.25, 0.3) is 0 Å². The summed E-state index contributed by atoms with van der Waals surface area (Å²) in [6.07, 6.45) is 0. The lowest BCUT2D eigenvalue weighted by Gasteiger charge is -1.99. The van der Waals surface area contributed by atoms with Crippen LogP contribution >= 0.6 is 11.6 Å². The Hall–Kier alpha value is -1.60. The number of halogens is 1. The Kier molecular flexibility index (Phi) is 7.78. The van der Waals surface area contributed by atoms with E-state index in [-0.39, 0.29) is 4.90 Å². The molecule has 1 rings (SSSR count). The Labute approximate surface area is 116 Å². The van der Waals surface area contributed by atoms with E-state index in [1.165, 1.54) is 12.1 Å². The fourth-order valence-corrected chi connectivity index (χ4v) is 2.23. The third kappa shape index (κ3) is 8.17. The van der Waals surface area contributed by atoms with Gasteiger partial charge in [0.05, 0.1) is 11.5 Å². The van der Waals surface area contributed by atoms with E-state index < -0.39 is 26.9 Å². The number of sulfone groups is 1. The van der Waals surface area contributed by atoms with Crippen LogP contribution in [0.15, 0.2) is 35.2 Å². The van der Waals surface area contributed by atoms with E-state index in [2.05, 4.69) is 4.74 Å². The van der Waals surface area contributed by atoms with Crippen LogP contribution in [-0.4, -0.2) is 32.1 Å². The number of amides is 1. The fraction of sp³-hybridized carbons (Fsp3) is 0.273. The molecule has 0 aromatic heterocycles. The molecular formula is C11H14ClNO5S. The number of hydrogen-bond acceptors (Lipinski definition) is 5. The van der Waals surface area contributed by atoms with E-state index in [0.29, 0.717) is 6.61 Å². The highest BCUT2D eigenvalue weighted by atomic mass is 35.5. The van der Waals surface area contributed by atoms with Crippen molar-refractivity contribution >= 4 is 32.8 Å². The second kappa shape index (κ2) is 8.49. The monoisotopic (exact) mass is 307 g/mol. The van der Waals surface area contributed by atoms with Gasteiger partial charge in [0.2, 0.25) is 5.91 Å². The first-order valence-corrected chi connectivity index (χ1v) is 7.21. The van der Waals surface area contributed by atoms with Gasteiger partial charge in [-0.25, -0.2) is 13.2 Å². The molecule has 0 spiro atoms. The van der Waals surface area contributed by atoms with Gasteiger partial charge in [-0.3, -0.25) is 4.79 Å². The Bertz CT molecular complexity index is 515. The molecule has 1 aromatic rings. The average molecular weight is 308 g/mol. The number of hydrogen-bond donors (Lipinski definition) is 1. The van der Waals surface area contributed by atoms with Gasteiger partial charge in [0.1, 0.15) is 5.75 Å². The predicted molar refractivity (Wildman–Crippen MR) is 70.6 cm³/mol. The number of carbonyl (C=O) groups excluding carboxylic acids is 2. The Morgan fingerprint density at radius 3 is 2.11 bits per heavy atom. The molecule has 0 bridgehead atoms. The summed E-state index contributed by atoms with van der Waals surface area (Å²) in [5, 5.41) is 0. The van der Waals surface area contributed by atoms with Crippen molar-refractivity contribution in [3.8, 4) is 0 Å². The molecule has 0 atom stereocenters. The first kappa shape index (κ1) is 17.4. The first-order chi connectivity index (χ1) is 8.79. The van der Waals surface area contributed by atoms with Crippen LogP contribution in [0, 0.1) is 0 Å². The van der Waals surface area contributed by atoms with Crippen LogP contribution in [0.2, 0.25) is 0 Å². The van der Waals surface area contributed by atoms with Crippen LogP contribution in [-0.2, 0) is 19.4 Å². The highest BCUT2D eigenvalue weighted by Gasteiger charge is 2.16. The van der Waals surface area contributed by atoms with Crippen molar-refractivity contribution in [2.24, 2.45) is 5.73 Å². The van der Waals surface area contributed by atoms with Crippen LogP contribution in [0.1, 0.15) is 6.92 Å². The highest BCUT2D eigenvalue weighted by Crippen LogP contribution is 2.08. The zero-order valence-electron chi connectivity index (χ0n) is 10.2. The molecule has 0 aliphatic carbocycles. The van der Waals surface area contributed by atoms with E-state index in [4.69, 9.17) is 17.3 Å². The van der Waals surface area contributed by atoms with Crippen molar-refractivity contribution in [1.29, 1.82) is 0 Å². The quantitative estimate of drug-likeness (QED) is 0.845. The lowest BCUT2D eigenvalue weighted by molar-refractivity contribution is -0.115. The van der Waals surface area contributed by atoms with Crippen molar-refractivity contribution in [3.63, 3.8) is 0 Å². The molecule has 0 saturated carbocycles. The number of benzene rings is 1. The third-order valence-electron chi connectivity index (χ3n) is 1.69. The van der Waals surface area contributed by atoms with Gasteiger partial charge in [-0.05, 0) is 19.1 Å². The van der Waals surface area contributed by atoms with Crippen molar-refractivity contribution in [3.05, 3.63) is 30.3 Å². The van der Waals surface area contributed by atoms with E-state index in [1.807, 2.05) is 0 Å².